The normalized spacial score (nSPS) is 16.1. The molecule has 0 aliphatic carbocycles. The van der Waals surface area contributed by atoms with Gasteiger partial charge in [-0.2, -0.15) is 9.78 Å². The van der Waals surface area contributed by atoms with Crippen LogP contribution in [-0.4, -0.2) is 85.6 Å². The SMILES string of the molecule is CN1CCN(CC(=O)Nc2cc3cc(-c4cnn(C(O)(O)O)c4)ccc3cn2)CC1. The second-order valence-electron chi connectivity index (χ2n) is 7.53. The fraction of sp³-hybridized carbons (Fsp3) is 0.350. The van der Waals surface area contributed by atoms with E-state index in [9.17, 15) is 20.1 Å². The van der Waals surface area contributed by atoms with Crippen molar-refractivity contribution < 1.29 is 20.1 Å². The van der Waals surface area contributed by atoms with Crippen LogP contribution in [-0.2, 0) is 10.9 Å². The van der Waals surface area contributed by atoms with Gasteiger partial charge in [-0.25, -0.2) is 4.98 Å². The Kier molecular flexibility index (Phi) is 5.50. The highest BCUT2D eigenvalue weighted by Gasteiger charge is 2.22. The molecule has 0 radical (unpaired) electrons. The number of pyridine rings is 1. The molecule has 4 N–H and O–H groups in total. The highest BCUT2D eigenvalue weighted by atomic mass is 16.7. The lowest BCUT2D eigenvalue weighted by Gasteiger charge is -2.31. The Balaban J connectivity index is 1.49. The summed E-state index contributed by atoms with van der Waals surface area (Å²) >= 11 is 0. The molecule has 30 heavy (non-hydrogen) atoms. The molecule has 1 aliphatic heterocycles. The predicted octanol–water partition coefficient (Wildman–Crippen LogP) is -0.171. The van der Waals surface area contributed by atoms with Gasteiger partial charge in [0.15, 0.2) is 0 Å². The van der Waals surface area contributed by atoms with Crippen LogP contribution in [0.1, 0.15) is 0 Å². The van der Waals surface area contributed by atoms with Gasteiger partial charge in [0.05, 0.1) is 12.7 Å². The van der Waals surface area contributed by atoms with E-state index in [-0.39, 0.29) is 5.91 Å². The number of piperazine rings is 1. The van der Waals surface area contributed by atoms with E-state index < -0.39 is 6.10 Å². The van der Waals surface area contributed by atoms with Gasteiger partial charge in [-0.3, -0.25) is 9.69 Å². The number of aliphatic hydroxyl groups is 3. The van der Waals surface area contributed by atoms with Gasteiger partial charge in [-0.1, -0.05) is 12.1 Å². The molecule has 0 atom stereocenters. The first-order chi connectivity index (χ1) is 14.3. The molecule has 4 rings (SSSR count). The van der Waals surface area contributed by atoms with Crippen molar-refractivity contribution in [2.75, 3.05) is 45.1 Å². The largest absolute Gasteiger partial charge is 0.389 e. The number of hydrogen-bond donors (Lipinski definition) is 4. The first-order valence-corrected chi connectivity index (χ1v) is 9.61. The average Bonchev–Trinajstić information content (AvgIpc) is 3.20. The maximum atomic E-state index is 12.4. The van der Waals surface area contributed by atoms with Gasteiger partial charge < -0.3 is 25.5 Å². The zero-order chi connectivity index (χ0) is 21.3. The number of fused-ring (bicyclic) bond motifs is 1. The molecule has 0 bridgehead atoms. The monoisotopic (exact) mass is 412 g/mol. The minimum atomic E-state index is -3.06. The van der Waals surface area contributed by atoms with E-state index in [0.717, 1.165) is 42.5 Å². The summed E-state index contributed by atoms with van der Waals surface area (Å²) < 4.78 is 0.642. The Bertz CT molecular complexity index is 1050. The average molecular weight is 412 g/mol. The fourth-order valence-electron chi connectivity index (χ4n) is 3.42. The van der Waals surface area contributed by atoms with Crippen molar-refractivity contribution in [3.05, 3.63) is 42.9 Å². The summed E-state index contributed by atoms with van der Waals surface area (Å²) in [5.74, 6) is 0.364. The van der Waals surface area contributed by atoms with Gasteiger partial charge in [0.1, 0.15) is 5.82 Å². The van der Waals surface area contributed by atoms with Crippen molar-refractivity contribution >= 4 is 22.5 Å². The van der Waals surface area contributed by atoms with Gasteiger partial charge in [-0.15, -0.1) is 0 Å². The summed E-state index contributed by atoms with van der Waals surface area (Å²) in [7, 11) is 2.07. The van der Waals surface area contributed by atoms with E-state index in [2.05, 4.69) is 32.2 Å². The van der Waals surface area contributed by atoms with Crippen LogP contribution < -0.4 is 5.32 Å². The van der Waals surface area contributed by atoms with Crippen LogP contribution in [0.3, 0.4) is 0 Å². The molecule has 1 aromatic carbocycles. The molecule has 1 saturated heterocycles. The number of amides is 1. The molecule has 0 spiro atoms. The number of carbonyl (C=O) groups excluding carboxylic acids is 1. The van der Waals surface area contributed by atoms with Gasteiger partial charge in [0, 0.05) is 49.5 Å². The molecular formula is C20H24N6O4. The van der Waals surface area contributed by atoms with Crippen LogP contribution in [0.15, 0.2) is 42.9 Å². The number of nitrogens with one attached hydrogen (secondary N) is 1. The summed E-state index contributed by atoms with van der Waals surface area (Å²) in [5.41, 5.74) is 1.36. The second kappa shape index (κ2) is 8.09. The van der Waals surface area contributed by atoms with Crippen molar-refractivity contribution in [3.63, 3.8) is 0 Å². The molecule has 3 heterocycles. The Morgan fingerprint density at radius 2 is 1.83 bits per heavy atom. The lowest BCUT2D eigenvalue weighted by molar-refractivity contribution is -0.380. The number of rotatable bonds is 5. The van der Waals surface area contributed by atoms with Crippen molar-refractivity contribution in [1.82, 2.24) is 24.6 Å². The first-order valence-electron chi connectivity index (χ1n) is 9.61. The molecule has 0 unspecified atom stereocenters. The maximum Gasteiger partial charge on any atom is 0.389 e. The predicted molar refractivity (Wildman–Crippen MR) is 110 cm³/mol. The Hall–Kier alpha value is -2.89. The highest BCUT2D eigenvalue weighted by Crippen LogP contribution is 2.26. The second-order valence-corrected chi connectivity index (χ2v) is 7.53. The summed E-state index contributed by atoms with van der Waals surface area (Å²) in [4.78, 5) is 21.1. The number of hydrogen-bond acceptors (Lipinski definition) is 8. The number of nitrogens with zero attached hydrogens (tertiary/aromatic N) is 5. The van der Waals surface area contributed by atoms with E-state index in [0.29, 0.717) is 22.6 Å². The van der Waals surface area contributed by atoms with E-state index in [1.807, 2.05) is 18.2 Å². The topological polar surface area (TPSA) is 127 Å². The molecular weight excluding hydrogens is 388 g/mol. The summed E-state index contributed by atoms with van der Waals surface area (Å²) in [5, 5.41) is 36.0. The first kappa shape index (κ1) is 20.4. The third kappa shape index (κ3) is 4.64. The van der Waals surface area contributed by atoms with Crippen LogP contribution in [0.5, 0.6) is 0 Å². The van der Waals surface area contributed by atoms with Gasteiger partial charge in [-0.05, 0) is 30.1 Å². The van der Waals surface area contributed by atoms with Crippen molar-refractivity contribution in [3.8, 4) is 11.1 Å². The molecule has 158 valence electrons. The molecule has 2 aromatic heterocycles. The summed E-state index contributed by atoms with van der Waals surface area (Å²) in [6.45, 7) is 3.96. The Labute approximate surface area is 173 Å². The van der Waals surface area contributed by atoms with E-state index in [1.165, 1.54) is 12.4 Å². The zero-order valence-electron chi connectivity index (χ0n) is 16.6. The third-order valence-corrected chi connectivity index (χ3v) is 5.18. The maximum absolute atomic E-state index is 12.4. The quantitative estimate of drug-likeness (QED) is 0.426. The summed E-state index contributed by atoms with van der Waals surface area (Å²) in [6, 6.07) is 7.38. The lowest BCUT2D eigenvalue weighted by Crippen LogP contribution is -2.47. The molecule has 0 saturated carbocycles. The van der Waals surface area contributed by atoms with Crippen molar-refractivity contribution in [1.29, 1.82) is 0 Å². The van der Waals surface area contributed by atoms with E-state index >= 15 is 0 Å². The van der Waals surface area contributed by atoms with Gasteiger partial charge >= 0.3 is 6.10 Å². The van der Waals surface area contributed by atoms with Gasteiger partial charge in [0.25, 0.3) is 0 Å². The van der Waals surface area contributed by atoms with Gasteiger partial charge in [0.2, 0.25) is 5.91 Å². The van der Waals surface area contributed by atoms with E-state index in [1.54, 1.807) is 12.3 Å². The Morgan fingerprint density at radius 1 is 1.07 bits per heavy atom. The molecule has 1 amide bonds. The molecule has 3 aromatic rings. The highest BCUT2D eigenvalue weighted by molar-refractivity contribution is 5.94. The summed E-state index contributed by atoms with van der Waals surface area (Å²) in [6.07, 6.45) is 1.37. The Morgan fingerprint density at radius 3 is 2.53 bits per heavy atom. The molecule has 10 nitrogen and oxygen atoms in total. The van der Waals surface area contributed by atoms with Crippen LogP contribution in [0.4, 0.5) is 5.82 Å². The standard InChI is InChI=1S/C20H24N6O4/c1-24-4-6-25(7-5-24)13-19(27)23-18-9-16-8-14(2-3-15(16)10-21-18)17-11-22-26(12-17)20(28,29)30/h2-3,8-12,28-30H,4-7,13H2,1H3,(H,21,23,27). The number of likely N-dealkylation sites (N-methyl/N-ethyl adjacent to an activating group) is 1. The van der Waals surface area contributed by atoms with Crippen molar-refractivity contribution in [2.24, 2.45) is 0 Å². The molecule has 1 fully saturated rings. The van der Waals surface area contributed by atoms with Crippen LogP contribution in [0.25, 0.3) is 21.9 Å². The smallest absolute Gasteiger partial charge is 0.324 e. The van der Waals surface area contributed by atoms with Crippen molar-refractivity contribution in [2.45, 2.75) is 6.10 Å². The zero-order valence-corrected chi connectivity index (χ0v) is 16.6. The number of aromatic nitrogens is 3. The molecule has 10 heteroatoms. The minimum absolute atomic E-state index is 0.103. The van der Waals surface area contributed by atoms with Crippen LogP contribution >= 0.6 is 0 Å². The van der Waals surface area contributed by atoms with Crippen LogP contribution in [0.2, 0.25) is 0 Å². The number of carbonyl (C=O) groups is 1. The third-order valence-electron chi connectivity index (χ3n) is 5.18. The fourth-order valence-corrected chi connectivity index (χ4v) is 3.42. The number of benzene rings is 1. The molecule has 1 aliphatic rings. The number of anilines is 1. The lowest BCUT2D eigenvalue weighted by atomic mass is 10.1. The van der Waals surface area contributed by atoms with Crippen LogP contribution in [0, 0.1) is 0 Å². The van der Waals surface area contributed by atoms with E-state index in [4.69, 9.17) is 0 Å². The minimum Gasteiger partial charge on any atom is -0.324 e.